The van der Waals surface area contributed by atoms with Gasteiger partial charge < -0.3 is 10.1 Å². The number of halogens is 6. The lowest BCUT2D eigenvalue weighted by atomic mass is 10.1. The molecule has 0 fully saturated rings. The van der Waals surface area contributed by atoms with Crippen molar-refractivity contribution in [2.45, 2.75) is 30.7 Å². The Kier molecular flexibility index (Phi) is 8.42. The van der Waals surface area contributed by atoms with Gasteiger partial charge in [0.05, 0.1) is 24.8 Å². The average Bonchev–Trinajstić information content (AvgIpc) is 2.83. The van der Waals surface area contributed by atoms with Crippen molar-refractivity contribution >= 4 is 21.6 Å². The Morgan fingerprint density at radius 1 is 0.895 bits per heavy atom. The zero-order chi connectivity index (χ0) is 28.3. The standard InChI is InChI=1S/C25H22F6N2O4S/c1-16-8-9-21(37-2)22(10-16)38(35,36)33(14-17-6-4-3-5-7-17)15-23(34)32-20-12-18(24(26,27)28)11-19(13-20)25(29,30)31/h3-13H,14-15H2,1-2H3,(H,32,34). The molecule has 0 aliphatic carbocycles. The van der Waals surface area contributed by atoms with Gasteiger partial charge in [-0.2, -0.15) is 30.6 Å². The lowest BCUT2D eigenvalue weighted by Gasteiger charge is -2.23. The highest BCUT2D eigenvalue weighted by atomic mass is 32.2. The maximum absolute atomic E-state index is 13.6. The van der Waals surface area contributed by atoms with E-state index in [1.54, 1.807) is 43.3 Å². The van der Waals surface area contributed by atoms with Gasteiger partial charge in [0, 0.05) is 12.2 Å². The number of sulfonamides is 1. The van der Waals surface area contributed by atoms with Crippen LogP contribution in [0, 0.1) is 6.92 Å². The molecule has 1 N–H and O–H groups in total. The molecule has 3 aromatic carbocycles. The summed E-state index contributed by atoms with van der Waals surface area (Å²) in [7, 11) is -3.17. The minimum atomic E-state index is -5.12. The molecule has 0 aliphatic heterocycles. The Hall–Kier alpha value is -3.58. The second-order valence-electron chi connectivity index (χ2n) is 8.26. The van der Waals surface area contributed by atoms with Crippen LogP contribution < -0.4 is 10.1 Å². The number of benzene rings is 3. The third-order valence-corrected chi connectivity index (χ3v) is 7.14. The number of rotatable bonds is 8. The summed E-state index contributed by atoms with van der Waals surface area (Å²) in [5.41, 5.74) is -2.99. The molecule has 0 atom stereocenters. The van der Waals surface area contributed by atoms with Crippen LogP contribution in [-0.4, -0.2) is 32.3 Å². The number of aryl methyl sites for hydroxylation is 1. The number of hydrogen-bond acceptors (Lipinski definition) is 4. The van der Waals surface area contributed by atoms with E-state index in [0.717, 1.165) is 4.31 Å². The Morgan fingerprint density at radius 3 is 2.00 bits per heavy atom. The topological polar surface area (TPSA) is 75.7 Å². The van der Waals surface area contributed by atoms with Crippen LogP contribution >= 0.6 is 0 Å². The molecular formula is C25H22F6N2O4S. The summed E-state index contributed by atoms with van der Waals surface area (Å²) in [6, 6.07) is 13.1. The third-order valence-electron chi connectivity index (χ3n) is 5.33. The highest BCUT2D eigenvalue weighted by Gasteiger charge is 2.37. The maximum atomic E-state index is 13.6. The molecule has 0 radical (unpaired) electrons. The smallest absolute Gasteiger partial charge is 0.416 e. The van der Waals surface area contributed by atoms with Gasteiger partial charge in [0.1, 0.15) is 10.6 Å². The van der Waals surface area contributed by atoms with Gasteiger partial charge in [0.15, 0.2) is 0 Å². The Labute approximate surface area is 214 Å². The Bertz CT molecular complexity index is 1380. The monoisotopic (exact) mass is 560 g/mol. The summed E-state index contributed by atoms with van der Waals surface area (Å²) in [6.45, 7) is 0.411. The molecule has 0 unspecified atom stereocenters. The third kappa shape index (κ3) is 7.04. The van der Waals surface area contributed by atoms with Crippen LogP contribution in [0.3, 0.4) is 0 Å². The van der Waals surface area contributed by atoms with E-state index in [-0.39, 0.29) is 23.3 Å². The molecule has 204 valence electrons. The van der Waals surface area contributed by atoms with Gasteiger partial charge in [-0.15, -0.1) is 0 Å². The van der Waals surface area contributed by atoms with Crippen molar-refractivity contribution in [1.29, 1.82) is 0 Å². The predicted molar refractivity (Wildman–Crippen MR) is 127 cm³/mol. The highest BCUT2D eigenvalue weighted by molar-refractivity contribution is 7.89. The number of alkyl halides is 6. The van der Waals surface area contributed by atoms with Crippen LogP contribution in [0.5, 0.6) is 5.75 Å². The SMILES string of the molecule is COc1ccc(C)cc1S(=O)(=O)N(CC(=O)Nc1cc(C(F)(F)F)cc(C(F)(F)F)c1)Cc1ccccc1. The summed E-state index contributed by atoms with van der Waals surface area (Å²) in [5, 5.41) is 1.97. The van der Waals surface area contributed by atoms with Crippen molar-refractivity contribution in [3.63, 3.8) is 0 Å². The number of carbonyl (C=O) groups excluding carboxylic acids is 1. The molecule has 3 rings (SSSR count). The number of anilines is 1. The van der Waals surface area contributed by atoms with Crippen LogP contribution in [0.15, 0.2) is 71.6 Å². The number of methoxy groups -OCH3 is 1. The molecule has 0 bridgehead atoms. The second-order valence-corrected chi connectivity index (χ2v) is 10.2. The van der Waals surface area contributed by atoms with E-state index in [9.17, 15) is 39.6 Å². The van der Waals surface area contributed by atoms with Gasteiger partial charge in [-0.3, -0.25) is 4.79 Å². The zero-order valence-corrected chi connectivity index (χ0v) is 20.8. The number of amides is 1. The second kappa shape index (κ2) is 11.0. The molecule has 0 saturated carbocycles. The van der Waals surface area contributed by atoms with Gasteiger partial charge >= 0.3 is 12.4 Å². The molecule has 38 heavy (non-hydrogen) atoms. The number of nitrogens with one attached hydrogen (secondary N) is 1. The highest BCUT2D eigenvalue weighted by Crippen LogP contribution is 2.37. The molecular weight excluding hydrogens is 538 g/mol. The molecule has 0 spiro atoms. The van der Waals surface area contributed by atoms with Gasteiger partial charge in [-0.1, -0.05) is 36.4 Å². The molecule has 1 amide bonds. The maximum Gasteiger partial charge on any atom is 0.416 e. The molecule has 0 aliphatic rings. The fourth-order valence-electron chi connectivity index (χ4n) is 3.53. The first kappa shape index (κ1) is 29.0. The van der Waals surface area contributed by atoms with Crippen molar-refractivity contribution in [3.05, 3.63) is 89.0 Å². The van der Waals surface area contributed by atoms with Gasteiger partial charge in [-0.25, -0.2) is 8.42 Å². The average molecular weight is 561 g/mol. The summed E-state index contributed by atoms with van der Waals surface area (Å²) >= 11 is 0. The van der Waals surface area contributed by atoms with E-state index in [1.807, 2.05) is 5.32 Å². The molecule has 3 aromatic rings. The molecule has 0 aromatic heterocycles. The number of hydrogen-bond donors (Lipinski definition) is 1. The molecule has 6 nitrogen and oxygen atoms in total. The lowest BCUT2D eigenvalue weighted by molar-refractivity contribution is -0.143. The van der Waals surface area contributed by atoms with E-state index < -0.39 is 51.6 Å². The first-order valence-electron chi connectivity index (χ1n) is 10.9. The van der Waals surface area contributed by atoms with Crippen molar-refractivity contribution in [1.82, 2.24) is 4.31 Å². The summed E-state index contributed by atoms with van der Waals surface area (Å²) in [6.07, 6.45) is -10.2. The van der Waals surface area contributed by atoms with Crippen LogP contribution in [0.4, 0.5) is 32.0 Å². The summed E-state index contributed by atoms with van der Waals surface area (Å²) in [4.78, 5) is 12.6. The van der Waals surface area contributed by atoms with Gasteiger partial charge in [0.2, 0.25) is 15.9 Å². The van der Waals surface area contributed by atoms with Crippen LogP contribution in [-0.2, 0) is 33.7 Å². The summed E-state index contributed by atoms with van der Waals surface area (Å²) < 4.78 is 112. The normalized spacial score (nSPS) is 12.4. The molecule has 0 heterocycles. The summed E-state index contributed by atoms with van der Waals surface area (Å²) in [5.74, 6) is -1.16. The van der Waals surface area contributed by atoms with E-state index in [1.165, 1.54) is 19.2 Å². The van der Waals surface area contributed by atoms with Crippen molar-refractivity contribution < 1.29 is 44.3 Å². The fourth-order valence-corrected chi connectivity index (χ4v) is 5.15. The molecule has 0 saturated heterocycles. The van der Waals surface area contributed by atoms with E-state index in [4.69, 9.17) is 4.74 Å². The Balaban J connectivity index is 1.99. The largest absolute Gasteiger partial charge is 0.495 e. The van der Waals surface area contributed by atoms with Gasteiger partial charge in [-0.05, 0) is 48.4 Å². The number of ether oxygens (including phenoxy) is 1. The minimum absolute atomic E-state index is 0.0123. The van der Waals surface area contributed by atoms with Crippen molar-refractivity contribution in [2.24, 2.45) is 0 Å². The number of nitrogens with zero attached hydrogens (tertiary/aromatic N) is 1. The Morgan fingerprint density at radius 2 is 1.47 bits per heavy atom. The minimum Gasteiger partial charge on any atom is -0.495 e. The van der Waals surface area contributed by atoms with Crippen molar-refractivity contribution in [3.8, 4) is 5.75 Å². The lowest BCUT2D eigenvalue weighted by Crippen LogP contribution is -2.37. The van der Waals surface area contributed by atoms with Gasteiger partial charge in [0.25, 0.3) is 0 Å². The molecule has 13 heteroatoms. The van der Waals surface area contributed by atoms with E-state index in [2.05, 4.69) is 0 Å². The first-order chi connectivity index (χ1) is 17.6. The van der Waals surface area contributed by atoms with Crippen LogP contribution in [0.25, 0.3) is 0 Å². The van der Waals surface area contributed by atoms with E-state index in [0.29, 0.717) is 23.3 Å². The van der Waals surface area contributed by atoms with E-state index >= 15 is 0 Å². The predicted octanol–water partition coefficient (Wildman–Crippen LogP) is 5.87. The van der Waals surface area contributed by atoms with Crippen molar-refractivity contribution in [2.75, 3.05) is 19.0 Å². The first-order valence-corrected chi connectivity index (χ1v) is 12.3. The fraction of sp³-hybridized carbons (Fsp3) is 0.240. The number of carbonyl (C=O) groups is 1. The van der Waals surface area contributed by atoms with Crippen LogP contribution in [0.1, 0.15) is 22.3 Å². The van der Waals surface area contributed by atoms with Crippen LogP contribution in [0.2, 0.25) is 0 Å². The quantitative estimate of drug-likeness (QED) is 0.350. The zero-order valence-electron chi connectivity index (χ0n) is 20.0.